The van der Waals surface area contributed by atoms with Gasteiger partial charge in [-0.1, -0.05) is 17.7 Å². The van der Waals surface area contributed by atoms with Crippen LogP contribution in [0.15, 0.2) is 42.5 Å². The molecule has 2 amide bonds. The van der Waals surface area contributed by atoms with E-state index in [1.807, 2.05) is 89.9 Å². The van der Waals surface area contributed by atoms with Crippen molar-refractivity contribution in [2.24, 2.45) is 7.05 Å². The second kappa shape index (κ2) is 10.9. The SMILES string of the molecule is Cc1cc2nc3sc2c(c1[C@H](OC(C)(C)C)C(=O)O)-c1ccc(Cl)c(c1)OCCN1C(=O)N(CC1(C)C)c1nn(C)c2ccc-3cc12. The molecule has 2 aliphatic rings. The molecule has 0 radical (unpaired) electrons. The Bertz CT molecular complexity index is 2110. The zero-order valence-corrected chi connectivity index (χ0v) is 28.9. The number of carbonyl (C=O) groups is 2. The minimum absolute atomic E-state index is 0.143. The molecule has 0 unspecified atom stereocenters. The Balaban J connectivity index is 1.53. The first-order chi connectivity index (χ1) is 22.1. The Labute approximate surface area is 281 Å². The summed E-state index contributed by atoms with van der Waals surface area (Å²) in [6.07, 6.45) is -1.24. The van der Waals surface area contributed by atoms with Crippen LogP contribution in [0.4, 0.5) is 10.6 Å². The molecule has 244 valence electrons. The van der Waals surface area contributed by atoms with Gasteiger partial charge in [0.2, 0.25) is 0 Å². The molecule has 0 saturated carbocycles. The first kappa shape index (κ1) is 31.4. The van der Waals surface area contributed by atoms with Crippen LogP contribution in [0.1, 0.15) is 51.8 Å². The van der Waals surface area contributed by atoms with Crippen molar-refractivity contribution in [3.63, 3.8) is 0 Å². The van der Waals surface area contributed by atoms with Crippen LogP contribution in [0, 0.1) is 6.92 Å². The average molecular weight is 674 g/mol. The number of hydrogen-bond donors (Lipinski definition) is 1. The predicted octanol–water partition coefficient (Wildman–Crippen LogP) is 7.83. The average Bonchev–Trinajstić information content (AvgIpc) is 3.62. The van der Waals surface area contributed by atoms with Gasteiger partial charge in [0.25, 0.3) is 0 Å². The summed E-state index contributed by atoms with van der Waals surface area (Å²) >= 11 is 8.15. The van der Waals surface area contributed by atoms with E-state index in [2.05, 4.69) is 0 Å². The lowest BCUT2D eigenvalue weighted by Gasteiger charge is -2.29. The molecule has 12 heteroatoms. The summed E-state index contributed by atoms with van der Waals surface area (Å²) in [5.74, 6) is -0.0617. The Hall–Kier alpha value is -4.19. The van der Waals surface area contributed by atoms with Gasteiger partial charge in [-0.25, -0.2) is 14.6 Å². The number of ether oxygens (including phenoxy) is 2. The van der Waals surface area contributed by atoms with Crippen LogP contribution in [-0.4, -0.2) is 67.6 Å². The molecule has 10 nitrogen and oxygen atoms in total. The molecule has 1 atom stereocenters. The van der Waals surface area contributed by atoms with E-state index < -0.39 is 23.2 Å². The number of aryl methyl sites for hydroxylation is 2. The highest BCUT2D eigenvalue weighted by atomic mass is 35.5. The predicted molar refractivity (Wildman–Crippen MR) is 185 cm³/mol. The summed E-state index contributed by atoms with van der Waals surface area (Å²) in [5, 5.41) is 17.3. The highest BCUT2D eigenvalue weighted by Gasteiger charge is 2.45. The number of aliphatic carboxylic acids is 1. The number of benzene rings is 3. The number of anilines is 1. The van der Waals surface area contributed by atoms with E-state index in [0.29, 0.717) is 40.8 Å². The zero-order chi connectivity index (χ0) is 33.6. The van der Waals surface area contributed by atoms with Crippen LogP contribution in [0.2, 0.25) is 5.02 Å². The van der Waals surface area contributed by atoms with E-state index >= 15 is 0 Å². The monoisotopic (exact) mass is 673 g/mol. The number of fused-ring (bicyclic) bond motifs is 9. The van der Waals surface area contributed by atoms with Gasteiger partial charge >= 0.3 is 12.0 Å². The highest BCUT2D eigenvalue weighted by molar-refractivity contribution is 7.22. The third-order valence-corrected chi connectivity index (χ3v) is 10.2. The maximum Gasteiger partial charge on any atom is 0.337 e. The van der Waals surface area contributed by atoms with Gasteiger partial charge < -0.3 is 19.5 Å². The number of nitrogens with zero attached hydrogens (tertiary/aromatic N) is 5. The largest absolute Gasteiger partial charge is 0.490 e. The molecular weight excluding hydrogens is 638 g/mol. The van der Waals surface area contributed by atoms with Crippen LogP contribution in [0.5, 0.6) is 5.75 Å². The molecule has 4 heterocycles. The lowest BCUT2D eigenvalue weighted by Crippen LogP contribution is -2.44. The van der Waals surface area contributed by atoms with Gasteiger partial charge in [-0.2, -0.15) is 5.10 Å². The van der Waals surface area contributed by atoms with Gasteiger partial charge in [-0.15, -0.1) is 11.3 Å². The Kier molecular flexibility index (Phi) is 7.31. The Morgan fingerprint density at radius 1 is 1.15 bits per heavy atom. The summed E-state index contributed by atoms with van der Waals surface area (Å²) in [7, 11) is 1.87. The summed E-state index contributed by atoms with van der Waals surface area (Å²) in [5.41, 5.74) is 4.01. The van der Waals surface area contributed by atoms with Crippen molar-refractivity contribution in [2.75, 3.05) is 24.6 Å². The lowest BCUT2D eigenvalue weighted by molar-refractivity contribution is -0.160. The number of carbonyl (C=O) groups excluding carboxylic acids is 1. The third-order valence-electron chi connectivity index (χ3n) is 8.75. The number of hydrogen-bond acceptors (Lipinski definition) is 7. The lowest BCUT2D eigenvalue weighted by atomic mass is 9.91. The molecule has 3 aromatic carbocycles. The Morgan fingerprint density at radius 2 is 1.89 bits per heavy atom. The molecule has 1 fully saturated rings. The number of urea groups is 1. The second-order valence-electron chi connectivity index (χ2n) is 13.8. The molecule has 8 bridgehead atoms. The van der Waals surface area contributed by atoms with Crippen molar-refractivity contribution >= 4 is 61.9 Å². The molecule has 47 heavy (non-hydrogen) atoms. The van der Waals surface area contributed by atoms with Crippen LogP contribution >= 0.6 is 22.9 Å². The van der Waals surface area contributed by atoms with E-state index in [1.165, 1.54) is 11.3 Å². The number of amides is 2. The fraction of sp³-hybridized carbons (Fsp3) is 0.371. The summed E-state index contributed by atoms with van der Waals surface area (Å²) in [6.45, 7) is 12.5. The highest BCUT2D eigenvalue weighted by Crippen LogP contribution is 2.46. The fourth-order valence-corrected chi connectivity index (χ4v) is 7.94. The van der Waals surface area contributed by atoms with Crippen LogP contribution < -0.4 is 9.64 Å². The second-order valence-corrected chi connectivity index (χ2v) is 15.2. The van der Waals surface area contributed by atoms with E-state index in [4.69, 9.17) is 31.2 Å². The first-order valence-corrected chi connectivity index (χ1v) is 16.7. The topological polar surface area (TPSA) is 110 Å². The number of halogens is 1. The van der Waals surface area contributed by atoms with E-state index in [1.54, 1.807) is 15.6 Å². The van der Waals surface area contributed by atoms with Gasteiger partial charge in [0.05, 0.1) is 45.0 Å². The van der Waals surface area contributed by atoms with Crippen molar-refractivity contribution in [3.8, 4) is 27.4 Å². The third kappa shape index (κ3) is 5.30. The van der Waals surface area contributed by atoms with Crippen molar-refractivity contribution in [1.82, 2.24) is 19.7 Å². The summed E-state index contributed by atoms with van der Waals surface area (Å²) < 4.78 is 15.1. The molecule has 5 aromatic rings. The van der Waals surface area contributed by atoms with Crippen LogP contribution in [0.25, 0.3) is 42.8 Å². The minimum atomic E-state index is -1.24. The van der Waals surface area contributed by atoms with Crippen LogP contribution in [0.3, 0.4) is 0 Å². The van der Waals surface area contributed by atoms with Gasteiger partial charge in [-0.3, -0.25) is 9.58 Å². The normalized spacial score (nSPS) is 16.7. The maximum absolute atomic E-state index is 13.9. The van der Waals surface area contributed by atoms with Crippen molar-refractivity contribution < 1.29 is 24.2 Å². The standard InChI is InChI=1S/C35H36ClN5O5S/c1-18-14-23-29-27(26(18)28(32(42)43)46-34(2,3)4)19-8-10-22(36)25(16-19)45-13-12-41-33(44)40(17-35(41,5)6)30-21-15-20(31(37-23)47-29)9-11-24(21)39(7)38-30/h8-11,14-16,28H,12-13,17H2,1-7H3,(H,42,43)/t28-/m0/s1. The molecule has 2 aromatic heterocycles. The molecular formula is C35H36ClN5O5S. The zero-order valence-electron chi connectivity index (χ0n) is 27.3. The van der Waals surface area contributed by atoms with Crippen molar-refractivity contribution in [1.29, 1.82) is 0 Å². The molecule has 2 aliphatic heterocycles. The van der Waals surface area contributed by atoms with Gasteiger partial charge in [0, 0.05) is 29.1 Å². The number of aromatic nitrogens is 3. The molecule has 1 saturated heterocycles. The number of carboxylic acid groups (broad SMARTS) is 1. The van der Waals surface area contributed by atoms with Gasteiger partial charge in [-0.05, 0) is 89.1 Å². The fourth-order valence-electron chi connectivity index (χ4n) is 6.65. The quantitative estimate of drug-likeness (QED) is 0.208. The van der Waals surface area contributed by atoms with E-state index in [-0.39, 0.29) is 12.6 Å². The first-order valence-electron chi connectivity index (χ1n) is 15.5. The molecule has 7 rings (SSSR count). The van der Waals surface area contributed by atoms with E-state index in [0.717, 1.165) is 42.8 Å². The van der Waals surface area contributed by atoms with Crippen LogP contribution in [-0.2, 0) is 16.6 Å². The maximum atomic E-state index is 13.9. The summed E-state index contributed by atoms with van der Waals surface area (Å²) in [4.78, 5) is 35.4. The van der Waals surface area contributed by atoms with Crippen molar-refractivity contribution in [3.05, 3.63) is 58.6 Å². The molecule has 0 spiro atoms. The molecule has 1 N–H and O–H groups in total. The van der Waals surface area contributed by atoms with Gasteiger partial charge in [0.15, 0.2) is 11.9 Å². The number of thiazole rings is 1. The van der Waals surface area contributed by atoms with Crippen molar-refractivity contribution in [2.45, 2.75) is 58.8 Å². The smallest absolute Gasteiger partial charge is 0.337 e. The number of rotatable bonds is 3. The van der Waals surface area contributed by atoms with Gasteiger partial charge in [0.1, 0.15) is 17.4 Å². The minimum Gasteiger partial charge on any atom is -0.490 e. The number of carboxylic acids is 1. The Morgan fingerprint density at radius 3 is 2.62 bits per heavy atom. The molecule has 0 aliphatic carbocycles. The van der Waals surface area contributed by atoms with E-state index in [9.17, 15) is 14.7 Å². The summed E-state index contributed by atoms with van der Waals surface area (Å²) in [6, 6.07) is 13.3.